The molecule has 1 aromatic heterocycles. The van der Waals surface area contributed by atoms with Crippen LogP contribution in [0.4, 0.5) is 0 Å². The molecule has 1 saturated carbocycles. The quantitative estimate of drug-likeness (QED) is 0.643. The lowest BCUT2D eigenvalue weighted by Gasteiger charge is -2.02. The molecule has 1 fully saturated rings. The summed E-state index contributed by atoms with van der Waals surface area (Å²) in [7, 11) is 1.90. The topological polar surface area (TPSA) is 53.4 Å². The summed E-state index contributed by atoms with van der Waals surface area (Å²) in [5, 5.41) is 4.30. The number of allylic oxidation sites excluding steroid dienone is 1. The molecule has 112 valence electrons. The maximum absolute atomic E-state index is 12.5. The van der Waals surface area contributed by atoms with E-state index in [4.69, 9.17) is 9.47 Å². The average molecular weight is 296 g/mol. The number of ether oxygens (including phenoxy) is 2. The molecule has 5 nitrogen and oxygen atoms in total. The summed E-state index contributed by atoms with van der Waals surface area (Å²) < 4.78 is 12.5. The molecule has 1 aliphatic heterocycles. The zero-order valence-corrected chi connectivity index (χ0v) is 12.3. The van der Waals surface area contributed by atoms with E-state index in [9.17, 15) is 4.79 Å². The van der Waals surface area contributed by atoms with Gasteiger partial charge in [-0.3, -0.25) is 9.48 Å². The van der Waals surface area contributed by atoms with Crippen molar-refractivity contribution in [3.05, 3.63) is 47.3 Å². The number of carbonyl (C=O) groups is 1. The van der Waals surface area contributed by atoms with Crippen LogP contribution in [0.5, 0.6) is 11.5 Å². The van der Waals surface area contributed by atoms with Gasteiger partial charge in [-0.25, -0.2) is 0 Å². The number of rotatable bonds is 4. The molecular weight excluding hydrogens is 280 g/mol. The van der Waals surface area contributed by atoms with E-state index < -0.39 is 0 Å². The number of para-hydroxylation sites is 1. The van der Waals surface area contributed by atoms with Gasteiger partial charge in [0.15, 0.2) is 17.3 Å². The van der Waals surface area contributed by atoms with Crippen molar-refractivity contribution in [2.45, 2.75) is 18.8 Å². The number of fused-ring (bicyclic) bond motifs is 1. The zero-order valence-electron chi connectivity index (χ0n) is 12.3. The molecule has 0 radical (unpaired) electrons. The third-order valence-electron chi connectivity index (χ3n) is 4.09. The van der Waals surface area contributed by atoms with Gasteiger partial charge in [0.25, 0.3) is 0 Å². The van der Waals surface area contributed by atoms with Crippen molar-refractivity contribution in [3.8, 4) is 11.5 Å². The molecule has 0 unspecified atom stereocenters. The van der Waals surface area contributed by atoms with Gasteiger partial charge in [-0.15, -0.1) is 0 Å². The monoisotopic (exact) mass is 296 g/mol. The lowest BCUT2D eigenvalue weighted by Crippen LogP contribution is -1.99. The fourth-order valence-electron chi connectivity index (χ4n) is 2.75. The minimum atomic E-state index is -0.0923. The van der Waals surface area contributed by atoms with Gasteiger partial charge in [-0.1, -0.05) is 6.07 Å². The summed E-state index contributed by atoms with van der Waals surface area (Å²) in [6.07, 6.45) is 7.74. The predicted molar refractivity (Wildman–Crippen MR) is 81.1 cm³/mol. The van der Waals surface area contributed by atoms with Crippen LogP contribution >= 0.6 is 0 Å². The Hall–Kier alpha value is -2.56. The number of carbonyl (C=O) groups excluding carboxylic acids is 1. The van der Waals surface area contributed by atoms with Crippen molar-refractivity contribution in [2.24, 2.45) is 7.05 Å². The van der Waals surface area contributed by atoms with Gasteiger partial charge in [-0.2, -0.15) is 5.10 Å². The molecule has 0 atom stereocenters. The predicted octanol–water partition coefficient (Wildman–Crippen LogP) is 2.92. The maximum Gasteiger partial charge on any atom is 0.231 e. The van der Waals surface area contributed by atoms with E-state index in [0.29, 0.717) is 23.0 Å². The highest BCUT2D eigenvalue weighted by atomic mass is 16.7. The van der Waals surface area contributed by atoms with Gasteiger partial charge >= 0.3 is 0 Å². The summed E-state index contributed by atoms with van der Waals surface area (Å²) in [6, 6.07) is 5.36. The van der Waals surface area contributed by atoms with Crippen LogP contribution in [0, 0.1) is 0 Å². The van der Waals surface area contributed by atoms with E-state index in [0.717, 1.165) is 5.69 Å². The molecule has 0 N–H and O–H groups in total. The molecule has 1 aromatic carbocycles. The van der Waals surface area contributed by atoms with E-state index in [1.165, 1.54) is 18.4 Å². The Morgan fingerprint density at radius 3 is 3.05 bits per heavy atom. The lowest BCUT2D eigenvalue weighted by atomic mass is 10.1. The van der Waals surface area contributed by atoms with E-state index in [-0.39, 0.29) is 12.6 Å². The van der Waals surface area contributed by atoms with Crippen molar-refractivity contribution in [3.63, 3.8) is 0 Å². The van der Waals surface area contributed by atoms with Crippen molar-refractivity contribution >= 4 is 11.9 Å². The Labute approximate surface area is 128 Å². The fraction of sp³-hybridized carbons (Fsp3) is 0.294. The number of benzene rings is 1. The van der Waals surface area contributed by atoms with Crippen molar-refractivity contribution in [1.29, 1.82) is 0 Å². The SMILES string of the molecule is Cn1ncc(C2CC2)c1C=CC(=O)c1cccc2c1OCO2. The van der Waals surface area contributed by atoms with Gasteiger partial charge in [-0.05, 0) is 43.0 Å². The standard InChI is InChI=1S/C17H16N2O3/c1-19-14(13(9-18-19)11-5-6-11)7-8-15(20)12-3-2-4-16-17(12)22-10-21-16/h2-4,7-9,11H,5-6,10H2,1H3. The van der Waals surface area contributed by atoms with Crippen LogP contribution in [0.25, 0.3) is 6.08 Å². The third kappa shape index (κ3) is 2.19. The number of nitrogens with zero attached hydrogens (tertiary/aromatic N) is 2. The smallest absolute Gasteiger partial charge is 0.231 e. The number of hydrogen-bond donors (Lipinski definition) is 0. The van der Waals surface area contributed by atoms with Crippen molar-refractivity contribution in [2.75, 3.05) is 6.79 Å². The Balaban J connectivity index is 1.63. The van der Waals surface area contributed by atoms with Crippen LogP contribution < -0.4 is 9.47 Å². The first-order valence-corrected chi connectivity index (χ1v) is 7.37. The van der Waals surface area contributed by atoms with Crippen LogP contribution in [0.2, 0.25) is 0 Å². The largest absolute Gasteiger partial charge is 0.454 e. The van der Waals surface area contributed by atoms with E-state index in [1.807, 2.05) is 24.0 Å². The van der Waals surface area contributed by atoms with E-state index in [2.05, 4.69) is 5.10 Å². The van der Waals surface area contributed by atoms with Gasteiger partial charge in [0.05, 0.1) is 17.5 Å². The Bertz CT molecular complexity index is 772. The van der Waals surface area contributed by atoms with Crippen LogP contribution in [0.3, 0.4) is 0 Å². The Morgan fingerprint density at radius 1 is 1.36 bits per heavy atom. The van der Waals surface area contributed by atoms with Gasteiger partial charge in [0, 0.05) is 12.6 Å². The second-order valence-electron chi connectivity index (χ2n) is 5.62. The molecule has 0 bridgehead atoms. The lowest BCUT2D eigenvalue weighted by molar-refractivity contribution is 0.104. The molecule has 4 rings (SSSR count). The first-order valence-electron chi connectivity index (χ1n) is 7.37. The summed E-state index contributed by atoms with van der Waals surface area (Å²) in [5.74, 6) is 1.66. The second-order valence-corrected chi connectivity index (χ2v) is 5.62. The van der Waals surface area contributed by atoms with E-state index >= 15 is 0 Å². The molecule has 2 heterocycles. The zero-order chi connectivity index (χ0) is 15.1. The van der Waals surface area contributed by atoms with E-state index in [1.54, 1.807) is 24.3 Å². The molecule has 2 aliphatic rings. The van der Waals surface area contributed by atoms with Crippen LogP contribution in [0.1, 0.15) is 40.4 Å². The minimum Gasteiger partial charge on any atom is -0.454 e. The van der Waals surface area contributed by atoms with Gasteiger partial charge < -0.3 is 9.47 Å². The molecular formula is C17H16N2O3. The number of aromatic nitrogens is 2. The molecule has 1 aliphatic carbocycles. The summed E-state index contributed by atoms with van der Waals surface area (Å²) in [6.45, 7) is 0.164. The molecule has 5 heteroatoms. The van der Waals surface area contributed by atoms with Crippen LogP contribution in [-0.4, -0.2) is 22.4 Å². The van der Waals surface area contributed by atoms with Crippen LogP contribution in [0.15, 0.2) is 30.5 Å². The minimum absolute atomic E-state index is 0.0923. The van der Waals surface area contributed by atoms with Crippen molar-refractivity contribution < 1.29 is 14.3 Å². The molecule has 2 aromatic rings. The second kappa shape index (κ2) is 5.02. The Kier molecular flexibility index (Phi) is 2.99. The normalized spacial score (nSPS) is 16.4. The molecule has 0 amide bonds. The van der Waals surface area contributed by atoms with Gasteiger partial charge in [0.2, 0.25) is 6.79 Å². The molecule has 0 saturated heterocycles. The highest BCUT2D eigenvalue weighted by Crippen LogP contribution is 2.42. The van der Waals surface area contributed by atoms with Crippen molar-refractivity contribution in [1.82, 2.24) is 9.78 Å². The Morgan fingerprint density at radius 2 is 2.23 bits per heavy atom. The summed E-state index contributed by atoms with van der Waals surface area (Å²) in [5.41, 5.74) is 2.76. The first-order chi connectivity index (χ1) is 10.7. The average Bonchev–Trinajstić information content (AvgIpc) is 3.13. The van der Waals surface area contributed by atoms with Gasteiger partial charge in [0.1, 0.15) is 0 Å². The molecule has 22 heavy (non-hydrogen) atoms. The summed E-state index contributed by atoms with van der Waals surface area (Å²) >= 11 is 0. The number of ketones is 1. The van der Waals surface area contributed by atoms with Crippen LogP contribution in [-0.2, 0) is 7.05 Å². The highest BCUT2D eigenvalue weighted by Gasteiger charge is 2.27. The highest BCUT2D eigenvalue weighted by molar-refractivity contribution is 6.09. The first kappa shape index (κ1) is 13.1. The summed E-state index contributed by atoms with van der Waals surface area (Å²) in [4.78, 5) is 12.5. The fourth-order valence-corrected chi connectivity index (χ4v) is 2.75. The number of hydrogen-bond acceptors (Lipinski definition) is 4. The molecule has 0 spiro atoms. The number of aryl methyl sites for hydroxylation is 1. The maximum atomic E-state index is 12.5. The third-order valence-corrected chi connectivity index (χ3v) is 4.09.